The van der Waals surface area contributed by atoms with Gasteiger partial charge in [0.2, 0.25) is 0 Å². The number of hydrogen-bond donors (Lipinski definition) is 1. The van der Waals surface area contributed by atoms with Gasteiger partial charge in [-0.05, 0) is 34.1 Å². The summed E-state index contributed by atoms with van der Waals surface area (Å²) in [6.45, 7) is 0.397. The molecule has 0 unspecified atom stereocenters. The van der Waals surface area contributed by atoms with Gasteiger partial charge in [0, 0.05) is 6.07 Å². The van der Waals surface area contributed by atoms with Crippen molar-refractivity contribution in [2.45, 2.75) is 6.54 Å². The lowest BCUT2D eigenvalue weighted by Gasteiger charge is -2.06. The molecule has 0 fully saturated rings. The number of thiazole rings is 1. The lowest BCUT2D eigenvalue weighted by atomic mass is 10.3. The highest BCUT2D eigenvalue weighted by molar-refractivity contribution is 9.10. The second-order valence-corrected chi connectivity index (χ2v) is 6.14. The molecule has 0 spiro atoms. The Morgan fingerprint density at radius 1 is 1.15 bits per heavy atom. The van der Waals surface area contributed by atoms with Crippen molar-refractivity contribution in [2.75, 3.05) is 5.32 Å². The number of nitrogens with one attached hydrogen (secondary N) is 1. The van der Waals surface area contributed by atoms with Gasteiger partial charge in [0.25, 0.3) is 0 Å². The Morgan fingerprint density at radius 3 is 2.75 bits per heavy atom. The third-order valence-corrected chi connectivity index (χ3v) is 4.42. The summed E-state index contributed by atoms with van der Waals surface area (Å²) in [5, 5.41) is 3.79. The molecule has 2 nitrogen and oxygen atoms in total. The van der Waals surface area contributed by atoms with Crippen LogP contribution in [0.1, 0.15) is 5.01 Å². The minimum Gasteiger partial charge on any atom is -0.376 e. The topological polar surface area (TPSA) is 24.9 Å². The van der Waals surface area contributed by atoms with Crippen molar-refractivity contribution < 1.29 is 8.78 Å². The summed E-state index contributed by atoms with van der Waals surface area (Å²) < 4.78 is 28.1. The van der Waals surface area contributed by atoms with Crippen LogP contribution in [0.4, 0.5) is 14.5 Å². The van der Waals surface area contributed by atoms with E-state index in [4.69, 9.17) is 0 Å². The summed E-state index contributed by atoms with van der Waals surface area (Å²) in [5.41, 5.74) is 1.17. The highest BCUT2D eigenvalue weighted by atomic mass is 79.9. The summed E-state index contributed by atoms with van der Waals surface area (Å²) >= 11 is 4.59. The van der Waals surface area contributed by atoms with Crippen molar-refractivity contribution in [3.05, 3.63) is 57.5 Å². The summed E-state index contributed by atoms with van der Waals surface area (Å²) in [5.74, 6) is -1.24. The molecule has 102 valence electrons. The first-order valence-corrected chi connectivity index (χ1v) is 7.47. The highest BCUT2D eigenvalue weighted by Gasteiger charge is 2.09. The van der Waals surface area contributed by atoms with Crippen LogP contribution in [0.15, 0.2) is 40.9 Å². The Hall–Kier alpha value is -1.53. The molecule has 0 amide bonds. The molecular weight excluding hydrogens is 346 g/mol. The van der Waals surface area contributed by atoms with Gasteiger partial charge in [-0.2, -0.15) is 0 Å². The van der Waals surface area contributed by atoms with Crippen molar-refractivity contribution in [2.24, 2.45) is 0 Å². The van der Waals surface area contributed by atoms with E-state index in [-0.39, 0.29) is 10.2 Å². The zero-order chi connectivity index (χ0) is 14.1. The number of halogens is 3. The van der Waals surface area contributed by atoms with Gasteiger partial charge in [-0.15, -0.1) is 11.3 Å². The van der Waals surface area contributed by atoms with Crippen LogP contribution in [0, 0.1) is 11.6 Å². The Balaban J connectivity index is 1.81. The lowest BCUT2D eigenvalue weighted by Crippen LogP contribution is -2.01. The van der Waals surface area contributed by atoms with E-state index in [1.165, 1.54) is 6.07 Å². The molecule has 0 saturated carbocycles. The van der Waals surface area contributed by atoms with E-state index < -0.39 is 11.6 Å². The summed E-state index contributed by atoms with van der Waals surface area (Å²) in [6, 6.07) is 10.0. The van der Waals surface area contributed by atoms with E-state index in [1.54, 1.807) is 11.3 Å². The molecule has 0 radical (unpaired) electrons. The van der Waals surface area contributed by atoms with Crippen LogP contribution in [0.5, 0.6) is 0 Å². The van der Waals surface area contributed by atoms with Crippen LogP contribution >= 0.6 is 27.3 Å². The van der Waals surface area contributed by atoms with Crippen LogP contribution in [-0.4, -0.2) is 4.98 Å². The fraction of sp³-hybridized carbons (Fsp3) is 0.0714. The Bertz CT molecular complexity index is 740. The smallest absolute Gasteiger partial charge is 0.149 e. The lowest BCUT2D eigenvalue weighted by molar-refractivity contribution is 0.580. The molecular formula is C14H9BrF2N2S. The molecule has 6 heteroatoms. The minimum atomic E-state index is -0.619. The third kappa shape index (κ3) is 2.66. The summed E-state index contributed by atoms with van der Waals surface area (Å²) in [6.07, 6.45) is 0. The minimum absolute atomic E-state index is 0.227. The summed E-state index contributed by atoms with van der Waals surface area (Å²) in [7, 11) is 0. The van der Waals surface area contributed by atoms with E-state index >= 15 is 0 Å². The number of hydrogen-bond acceptors (Lipinski definition) is 3. The Kier molecular flexibility index (Phi) is 3.67. The van der Waals surface area contributed by atoms with Crippen molar-refractivity contribution in [1.29, 1.82) is 0 Å². The van der Waals surface area contributed by atoms with Crippen molar-refractivity contribution in [3.63, 3.8) is 0 Å². The summed E-state index contributed by atoms with van der Waals surface area (Å²) in [4.78, 5) is 4.45. The number of rotatable bonds is 3. The maximum atomic E-state index is 13.6. The van der Waals surface area contributed by atoms with Gasteiger partial charge in [-0.1, -0.05) is 12.1 Å². The van der Waals surface area contributed by atoms with Gasteiger partial charge >= 0.3 is 0 Å². The molecule has 0 atom stereocenters. The Morgan fingerprint density at radius 2 is 1.95 bits per heavy atom. The first-order valence-electron chi connectivity index (χ1n) is 5.86. The van der Waals surface area contributed by atoms with E-state index in [0.29, 0.717) is 6.54 Å². The second kappa shape index (κ2) is 5.46. The van der Waals surface area contributed by atoms with Crippen LogP contribution < -0.4 is 5.32 Å². The number of aromatic nitrogens is 1. The quantitative estimate of drug-likeness (QED) is 0.673. The van der Waals surface area contributed by atoms with Crippen LogP contribution in [-0.2, 0) is 6.54 Å². The first-order chi connectivity index (χ1) is 9.63. The molecule has 0 aliphatic carbocycles. The van der Waals surface area contributed by atoms with Gasteiger partial charge < -0.3 is 5.32 Å². The Labute approximate surface area is 126 Å². The molecule has 1 aromatic heterocycles. The van der Waals surface area contributed by atoms with Crippen LogP contribution in [0.25, 0.3) is 10.2 Å². The molecule has 0 aliphatic heterocycles. The maximum Gasteiger partial charge on any atom is 0.149 e. The van der Waals surface area contributed by atoms with E-state index in [9.17, 15) is 8.78 Å². The second-order valence-electron chi connectivity index (χ2n) is 4.18. The van der Waals surface area contributed by atoms with Crippen molar-refractivity contribution in [1.82, 2.24) is 4.98 Å². The van der Waals surface area contributed by atoms with E-state index in [0.717, 1.165) is 21.3 Å². The average molecular weight is 355 g/mol. The predicted octanol–water partition coefficient (Wildman–Crippen LogP) is 4.95. The molecule has 3 aromatic rings. The number of nitrogens with zero attached hydrogens (tertiary/aromatic N) is 1. The van der Waals surface area contributed by atoms with E-state index in [2.05, 4.69) is 26.2 Å². The van der Waals surface area contributed by atoms with Crippen molar-refractivity contribution >= 4 is 43.2 Å². The third-order valence-electron chi connectivity index (χ3n) is 2.78. The average Bonchev–Trinajstić information content (AvgIpc) is 2.84. The molecule has 2 aromatic carbocycles. The first kappa shape index (κ1) is 13.5. The van der Waals surface area contributed by atoms with Crippen molar-refractivity contribution in [3.8, 4) is 0 Å². The zero-order valence-corrected chi connectivity index (χ0v) is 12.6. The van der Waals surface area contributed by atoms with Gasteiger partial charge in [-0.3, -0.25) is 0 Å². The molecule has 1 N–H and O–H groups in total. The fourth-order valence-corrected chi connectivity index (χ4v) is 3.07. The van der Waals surface area contributed by atoms with Gasteiger partial charge in [0.15, 0.2) is 0 Å². The fourth-order valence-electron chi connectivity index (χ4n) is 1.82. The number of fused-ring (bicyclic) bond motifs is 1. The number of benzene rings is 2. The molecule has 3 rings (SSSR count). The van der Waals surface area contributed by atoms with Gasteiger partial charge in [0.1, 0.15) is 16.6 Å². The van der Waals surface area contributed by atoms with Crippen LogP contribution in [0.3, 0.4) is 0 Å². The SMILES string of the molecule is Fc1cc(F)c(NCc2nc3ccccc3s2)cc1Br. The number of anilines is 1. The molecule has 0 aliphatic rings. The molecule has 1 heterocycles. The monoisotopic (exact) mass is 354 g/mol. The maximum absolute atomic E-state index is 13.6. The van der Waals surface area contributed by atoms with Crippen LogP contribution in [0.2, 0.25) is 0 Å². The predicted molar refractivity (Wildman–Crippen MR) is 81.0 cm³/mol. The largest absolute Gasteiger partial charge is 0.376 e. The van der Waals surface area contributed by atoms with Gasteiger partial charge in [-0.25, -0.2) is 13.8 Å². The standard InChI is InChI=1S/C14H9BrF2N2S/c15-8-5-12(10(17)6-9(8)16)18-7-14-19-11-3-1-2-4-13(11)20-14/h1-6,18H,7H2. The highest BCUT2D eigenvalue weighted by Crippen LogP contribution is 2.26. The van der Waals surface area contributed by atoms with E-state index in [1.807, 2.05) is 24.3 Å². The molecule has 20 heavy (non-hydrogen) atoms. The molecule has 0 bridgehead atoms. The molecule has 0 saturated heterocycles. The number of para-hydroxylation sites is 1. The van der Waals surface area contributed by atoms with Gasteiger partial charge in [0.05, 0.1) is 26.9 Å². The normalized spacial score (nSPS) is 10.9. The zero-order valence-electron chi connectivity index (χ0n) is 10.2.